The van der Waals surface area contributed by atoms with E-state index < -0.39 is 17.0 Å². The van der Waals surface area contributed by atoms with Crippen LogP contribution >= 0.6 is 0 Å². The Bertz CT molecular complexity index is 240. The number of rotatable bonds is 10. The minimum Gasteiger partial charge on any atom is -0.348 e. The molecule has 0 spiro atoms. The van der Waals surface area contributed by atoms with Crippen LogP contribution in [0.25, 0.3) is 0 Å². The average Bonchev–Trinajstić information content (AvgIpc) is 2.21. The zero-order valence-corrected chi connectivity index (χ0v) is 10.8. The zero-order valence-electron chi connectivity index (χ0n) is 9.94. The summed E-state index contributed by atoms with van der Waals surface area (Å²) in [6.07, 6.45) is 9.29. The molecule has 0 aliphatic rings. The third-order valence-electron chi connectivity index (χ3n) is 2.41. The minimum absolute atomic E-state index is 0.207. The summed E-state index contributed by atoms with van der Waals surface area (Å²) >= 11 is 0. The first kappa shape index (κ1) is 15.4. The van der Waals surface area contributed by atoms with Gasteiger partial charge in [-0.2, -0.15) is 8.42 Å². The predicted octanol–water partition coefficient (Wildman–Crippen LogP) is 2.59. The molecule has 0 atom stereocenters. The SMILES string of the molecule is CCCCCCCCCCC(=O)O[SH](=O)=O. The second-order valence-corrected chi connectivity index (χ2v) is 4.54. The summed E-state index contributed by atoms with van der Waals surface area (Å²) in [6.45, 7) is 2.19. The summed E-state index contributed by atoms with van der Waals surface area (Å²) in [7, 11) is -3.02. The zero-order chi connectivity index (χ0) is 12.2. The number of carbonyl (C=O) groups is 1. The fourth-order valence-corrected chi connectivity index (χ4v) is 1.79. The van der Waals surface area contributed by atoms with Crippen molar-refractivity contribution in [3.63, 3.8) is 0 Å². The topological polar surface area (TPSA) is 60.4 Å². The van der Waals surface area contributed by atoms with Gasteiger partial charge in [0.25, 0.3) is 0 Å². The van der Waals surface area contributed by atoms with Crippen LogP contribution in [0.3, 0.4) is 0 Å². The van der Waals surface area contributed by atoms with Crippen LogP contribution in [-0.4, -0.2) is 14.4 Å². The van der Waals surface area contributed by atoms with Crippen LogP contribution in [0.2, 0.25) is 0 Å². The lowest BCUT2D eigenvalue weighted by Crippen LogP contribution is -2.02. The second kappa shape index (κ2) is 10.9. The Labute approximate surface area is 99.5 Å². The lowest BCUT2D eigenvalue weighted by molar-refractivity contribution is -0.133. The van der Waals surface area contributed by atoms with Crippen molar-refractivity contribution in [2.24, 2.45) is 0 Å². The Morgan fingerprint density at radius 2 is 1.44 bits per heavy atom. The molecule has 0 saturated heterocycles. The van der Waals surface area contributed by atoms with E-state index in [1.54, 1.807) is 0 Å². The maximum Gasteiger partial charge on any atom is 0.321 e. The molecule has 16 heavy (non-hydrogen) atoms. The highest BCUT2D eigenvalue weighted by molar-refractivity contribution is 7.67. The molecule has 0 aromatic carbocycles. The predicted molar refractivity (Wildman–Crippen MR) is 63.6 cm³/mol. The Balaban J connectivity index is 3.17. The van der Waals surface area contributed by atoms with Gasteiger partial charge in [-0.1, -0.05) is 51.9 Å². The first-order chi connectivity index (χ1) is 7.66. The van der Waals surface area contributed by atoms with E-state index in [4.69, 9.17) is 0 Å². The van der Waals surface area contributed by atoms with Crippen molar-refractivity contribution in [1.82, 2.24) is 0 Å². The quantitative estimate of drug-likeness (QED) is 0.478. The first-order valence-corrected chi connectivity index (χ1v) is 7.11. The van der Waals surface area contributed by atoms with E-state index in [0.29, 0.717) is 0 Å². The molecule has 0 unspecified atom stereocenters. The van der Waals surface area contributed by atoms with Gasteiger partial charge in [0.05, 0.1) is 0 Å². The smallest absolute Gasteiger partial charge is 0.321 e. The lowest BCUT2D eigenvalue weighted by atomic mass is 10.1. The number of unbranched alkanes of at least 4 members (excludes halogenated alkanes) is 7. The Morgan fingerprint density at radius 1 is 0.938 bits per heavy atom. The standard InChI is InChI=1S/C11H22O4S/c1-2-3-4-5-6-7-8-9-10-11(12)15-16(13)14/h16H,2-10H2,1H3. The highest BCUT2D eigenvalue weighted by Gasteiger charge is 2.02. The van der Waals surface area contributed by atoms with Crippen LogP contribution in [0.5, 0.6) is 0 Å². The van der Waals surface area contributed by atoms with Crippen LogP contribution in [0.1, 0.15) is 64.7 Å². The minimum atomic E-state index is -3.02. The molecule has 0 aromatic rings. The highest BCUT2D eigenvalue weighted by atomic mass is 32.2. The number of carbonyl (C=O) groups excluding carboxylic acids is 1. The molecule has 0 rings (SSSR count). The number of hydrogen-bond donors (Lipinski definition) is 1. The van der Waals surface area contributed by atoms with Crippen LogP contribution in [0, 0.1) is 0 Å². The van der Waals surface area contributed by atoms with E-state index in [-0.39, 0.29) is 6.42 Å². The van der Waals surface area contributed by atoms with Crippen molar-refractivity contribution in [1.29, 1.82) is 0 Å². The molecule has 0 aromatic heterocycles. The molecule has 0 bridgehead atoms. The monoisotopic (exact) mass is 250 g/mol. The van der Waals surface area contributed by atoms with Crippen molar-refractivity contribution in [2.45, 2.75) is 64.7 Å². The summed E-state index contributed by atoms with van der Waals surface area (Å²) in [4.78, 5) is 10.8. The van der Waals surface area contributed by atoms with Gasteiger partial charge in [-0.15, -0.1) is 0 Å². The maximum atomic E-state index is 10.8. The maximum absolute atomic E-state index is 10.8. The Hall–Kier alpha value is -0.580. The summed E-state index contributed by atoms with van der Waals surface area (Å²) in [6, 6.07) is 0. The molecular formula is C11H22O4S. The summed E-state index contributed by atoms with van der Waals surface area (Å²) in [5.41, 5.74) is 0. The van der Waals surface area contributed by atoms with Crippen LogP contribution in [0.4, 0.5) is 0 Å². The van der Waals surface area contributed by atoms with E-state index in [2.05, 4.69) is 11.1 Å². The van der Waals surface area contributed by atoms with Gasteiger partial charge in [0.1, 0.15) is 0 Å². The Kier molecular flexibility index (Phi) is 10.5. The van der Waals surface area contributed by atoms with Gasteiger partial charge in [0.15, 0.2) is 0 Å². The van der Waals surface area contributed by atoms with Gasteiger partial charge in [-0.25, -0.2) is 0 Å². The molecule has 5 heteroatoms. The summed E-state index contributed by atoms with van der Waals surface area (Å²) in [5, 5.41) is 0. The van der Waals surface area contributed by atoms with Gasteiger partial charge in [-0.05, 0) is 6.42 Å². The molecule has 0 radical (unpaired) electrons. The van der Waals surface area contributed by atoms with Crippen molar-refractivity contribution in [2.75, 3.05) is 0 Å². The largest absolute Gasteiger partial charge is 0.348 e. The molecule has 0 saturated carbocycles. The van der Waals surface area contributed by atoms with Gasteiger partial charge >= 0.3 is 17.0 Å². The van der Waals surface area contributed by atoms with Crippen LogP contribution in [0.15, 0.2) is 0 Å². The van der Waals surface area contributed by atoms with Gasteiger partial charge < -0.3 is 4.18 Å². The molecular weight excluding hydrogens is 228 g/mol. The van der Waals surface area contributed by atoms with E-state index >= 15 is 0 Å². The van der Waals surface area contributed by atoms with E-state index in [0.717, 1.165) is 19.3 Å². The van der Waals surface area contributed by atoms with Crippen molar-refractivity contribution in [3.05, 3.63) is 0 Å². The third-order valence-corrected chi connectivity index (χ3v) is 2.76. The molecule has 0 aliphatic heterocycles. The fourth-order valence-electron chi connectivity index (χ4n) is 1.53. The first-order valence-electron chi connectivity index (χ1n) is 6.02. The van der Waals surface area contributed by atoms with Gasteiger partial charge in [0, 0.05) is 6.42 Å². The highest BCUT2D eigenvalue weighted by Crippen LogP contribution is 2.09. The molecule has 0 heterocycles. The molecule has 96 valence electrons. The Morgan fingerprint density at radius 3 is 1.94 bits per heavy atom. The average molecular weight is 250 g/mol. The number of thiol groups is 1. The second-order valence-electron chi connectivity index (χ2n) is 3.91. The van der Waals surface area contributed by atoms with Crippen LogP contribution in [-0.2, 0) is 20.0 Å². The van der Waals surface area contributed by atoms with E-state index in [9.17, 15) is 13.2 Å². The number of hydrogen-bond acceptors (Lipinski definition) is 4. The van der Waals surface area contributed by atoms with Gasteiger partial charge in [0.2, 0.25) is 0 Å². The molecule has 0 aliphatic carbocycles. The fraction of sp³-hybridized carbons (Fsp3) is 0.909. The molecule has 0 amide bonds. The van der Waals surface area contributed by atoms with Crippen LogP contribution < -0.4 is 0 Å². The molecule has 0 N–H and O–H groups in total. The molecule has 0 fully saturated rings. The van der Waals surface area contributed by atoms with Crippen molar-refractivity contribution >= 4 is 17.0 Å². The lowest BCUT2D eigenvalue weighted by Gasteiger charge is -2.00. The van der Waals surface area contributed by atoms with Crippen molar-refractivity contribution in [3.8, 4) is 0 Å². The molecule has 4 nitrogen and oxygen atoms in total. The normalized spacial score (nSPS) is 10.6. The van der Waals surface area contributed by atoms with Gasteiger partial charge in [-0.3, -0.25) is 4.79 Å². The van der Waals surface area contributed by atoms with Crippen molar-refractivity contribution < 1.29 is 17.4 Å². The summed E-state index contributed by atoms with van der Waals surface area (Å²) < 4.78 is 24.1. The summed E-state index contributed by atoms with van der Waals surface area (Å²) in [5.74, 6) is -0.637. The third kappa shape index (κ3) is 11.5. The van der Waals surface area contributed by atoms with E-state index in [1.165, 1.54) is 32.1 Å². The van der Waals surface area contributed by atoms with E-state index in [1.807, 2.05) is 0 Å².